The predicted molar refractivity (Wildman–Crippen MR) is 127 cm³/mol. The quantitative estimate of drug-likeness (QED) is 0.416. The number of methoxy groups -OCH3 is 1. The number of Topliss-reactive ketones (excluding diaryl/α,β-unsaturated/α-hetero) is 1. The third-order valence-corrected chi connectivity index (χ3v) is 5.82. The minimum absolute atomic E-state index is 0.00931. The average Bonchev–Trinajstić information content (AvgIpc) is 2.75. The summed E-state index contributed by atoms with van der Waals surface area (Å²) in [5.41, 5.74) is 3.65. The fraction of sp³-hybridized carbons (Fsp3) is 0.370. The van der Waals surface area contributed by atoms with Gasteiger partial charge < -0.3 is 24.8 Å². The molecule has 1 atom stereocenters. The molecule has 176 valence electrons. The Balaban J connectivity index is 1.77. The van der Waals surface area contributed by atoms with Gasteiger partial charge in [-0.3, -0.25) is 4.79 Å². The third kappa shape index (κ3) is 5.69. The van der Waals surface area contributed by atoms with E-state index in [4.69, 9.17) is 9.47 Å². The van der Waals surface area contributed by atoms with Crippen molar-refractivity contribution in [2.75, 3.05) is 7.11 Å². The molecule has 0 amide bonds. The zero-order valence-electron chi connectivity index (χ0n) is 19.6. The van der Waals surface area contributed by atoms with Crippen LogP contribution in [0.25, 0.3) is 0 Å². The van der Waals surface area contributed by atoms with Crippen molar-refractivity contribution in [3.8, 4) is 28.7 Å². The minimum Gasteiger partial charge on any atom is -0.507 e. The second-order valence-corrected chi connectivity index (χ2v) is 8.67. The molecule has 0 fully saturated rings. The monoisotopic (exact) mass is 452 g/mol. The maximum Gasteiger partial charge on any atom is 0.174 e. The molecule has 6 heteroatoms. The third-order valence-electron chi connectivity index (χ3n) is 5.82. The molecule has 0 aromatic heterocycles. The Morgan fingerprint density at radius 2 is 1.85 bits per heavy atom. The van der Waals surface area contributed by atoms with Gasteiger partial charge in [0.2, 0.25) is 0 Å². The summed E-state index contributed by atoms with van der Waals surface area (Å²) in [6.07, 6.45) is 6.72. The van der Waals surface area contributed by atoms with E-state index in [-0.39, 0.29) is 46.5 Å². The van der Waals surface area contributed by atoms with E-state index in [1.807, 2.05) is 0 Å². The first kappa shape index (κ1) is 24.2. The van der Waals surface area contributed by atoms with Gasteiger partial charge in [-0.15, -0.1) is 0 Å². The average molecular weight is 453 g/mol. The van der Waals surface area contributed by atoms with E-state index in [2.05, 4.69) is 32.9 Å². The molecule has 0 saturated heterocycles. The Bertz CT molecular complexity index is 1090. The number of aromatic hydroxyl groups is 3. The van der Waals surface area contributed by atoms with Gasteiger partial charge in [-0.2, -0.15) is 0 Å². The zero-order valence-corrected chi connectivity index (χ0v) is 19.6. The highest BCUT2D eigenvalue weighted by molar-refractivity contribution is 6.03. The van der Waals surface area contributed by atoms with Gasteiger partial charge in [-0.05, 0) is 64.2 Å². The zero-order chi connectivity index (χ0) is 24.1. The van der Waals surface area contributed by atoms with Gasteiger partial charge in [0.15, 0.2) is 17.3 Å². The van der Waals surface area contributed by atoms with Crippen LogP contribution < -0.4 is 9.47 Å². The number of hydrogen-bond donors (Lipinski definition) is 3. The summed E-state index contributed by atoms with van der Waals surface area (Å²) in [7, 11) is 1.44. The van der Waals surface area contributed by atoms with E-state index in [1.54, 1.807) is 12.1 Å². The van der Waals surface area contributed by atoms with Gasteiger partial charge in [0.1, 0.15) is 28.9 Å². The molecular weight excluding hydrogens is 420 g/mol. The highest BCUT2D eigenvalue weighted by Gasteiger charge is 2.33. The minimum atomic E-state index is -0.615. The molecule has 0 bridgehead atoms. The van der Waals surface area contributed by atoms with Crippen LogP contribution in [0.5, 0.6) is 28.7 Å². The van der Waals surface area contributed by atoms with Crippen molar-refractivity contribution in [2.24, 2.45) is 0 Å². The summed E-state index contributed by atoms with van der Waals surface area (Å²) in [6.45, 7) is 6.23. The van der Waals surface area contributed by atoms with Crippen molar-refractivity contribution in [1.29, 1.82) is 0 Å². The van der Waals surface area contributed by atoms with Crippen LogP contribution in [0.4, 0.5) is 0 Å². The number of benzene rings is 2. The molecule has 2 aromatic carbocycles. The molecule has 1 aliphatic heterocycles. The lowest BCUT2D eigenvalue weighted by Gasteiger charge is -2.27. The standard InChI is InChI=1S/C27H32O6/c1-16(2)7-5-8-17(3)9-6-10-19-21(29)14-25-26(27(19)31)22(30)15-23(33-25)18-11-12-20(28)24(13-18)32-4/h7,9,11-14,23,28-29,31H,5-6,8,10,15H2,1-4H3. The summed E-state index contributed by atoms with van der Waals surface area (Å²) in [5.74, 6) is -0.161. The van der Waals surface area contributed by atoms with E-state index < -0.39 is 6.10 Å². The molecule has 33 heavy (non-hydrogen) atoms. The van der Waals surface area contributed by atoms with E-state index >= 15 is 0 Å². The fourth-order valence-electron chi connectivity index (χ4n) is 3.98. The number of phenolic OH excluding ortho intramolecular Hbond substituents is 3. The Morgan fingerprint density at radius 1 is 1.09 bits per heavy atom. The first-order valence-corrected chi connectivity index (χ1v) is 11.1. The van der Waals surface area contributed by atoms with Crippen LogP contribution in [0.15, 0.2) is 47.6 Å². The number of allylic oxidation sites excluding steroid dienone is 4. The highest BCUT2D eigenvalue weighted by atomic mass is 16.5. The van der Waals surface area contributed by atoms with Gasteiger partial charge in [-0.25, -0.2) is 0 Å². The van der Waals surface area contributed by atoms with Crippen molar-refractivity contribution in [1.82, 2.24) is 0 Å². The van der Waals surface area contributed by atoms with Crippen molar-refractivity contribution in [3.05, 3.63) is 64.3 Å². The van der Waals surface area contributed by atoms with Gasteiger partial charge in [0, 0.05) is 11.6 Å². The molecular formula is C27H32O6. The lowest BCUT2D eigenvalue weighted by Crippen LogP contribution is -2.21. The summed E-state index contributed by atoms with van der Waals surface area (Å²) in [5, 5.41) is 31.1. The lowest BCUT2D eigenvalue weighted by atomic mass is 9.92. The number of hydrogen-bond acceptors (Lipinski definition) is 6. The normalized spacial score (nSPS) is 15.6. The number of ketones is 1. The summed E-state index contributed by atoms with van der Waals surface area (Å²) in [6, 6.07) is 6.14. The Labute approximate surface area is 194 Å². The van der Waals surface area contributed by atoms with Crippen LogP contribution in [0.3, 0.4) is 0 Å². The molecule has 1 aliphatic rings. The van der Waals surface area contributed by atoms with E-state index in [0.717, 1.165) is 12.8 Å². The first-order chi connectivity index (χ1) is 15.7. The summed E-state index contributed by atoms with van der Waals surface area (Å²) < 4.78 is 11.1. The van der Waals surface area contributed by atoms with Crippen molar-refractivity contribution < 1.29 is 29.6 Å². The van der Waals surface area contributed by atoms with E-state index in [0.29, 0.717) is 24.0 Å². The van der Waals surface area contributed by atoms with Gasteiger partial charge in [0.05, 0.1) is 13.5 Å². The predicted octanol–water partition coefficient (Wildman–Crippen LogP) is 6.14. The number of carbonyl (C=O) groups excluding carboxylic acids is 1. The lowest BCUT2D eigenvalue weighted by molar-refractivity contribution is 0.0844. The van der Waals surface area contributed by atoms with Crippen molar-refractivity contribution in [2.45, 2.75) is 59.0 Å². The first-order valence-electron chi connectivity index (χ1n) is 11.1. The second kappa shape index (κ2) is 10.5. The topological polar surface area (TPSA) is 96.2 Å². The molecule has 0 spiro atoms. The van der Waals surface area contributed by atoms with Crippen LogP contribution in [-0.2, 0) is 6.42 Å². The highest BCUT2D eigenvalue weighted by Crippen LogP contribution is 2.45. The molecule has 0 saturated carbocycles. The van der Waals surface area contributed by atoms with Gasteiger partial charge >= 0.3 is 0 Å². The van der Waals surface area contributed by atoms with Crippen LogP contribution in [0.1, 0.15) is 74.0 Å². The van der Waals surface area contributed by atoms with Crippen LogP contribution in [-0.4, -0.2) is 28.2 Å². The maximum atomic E-state index is 12.9. The number of ether oxygens (including phenoxy) is 2. The van der Waals surface area contributed by atoms with Crippen LogP contribution in [0.2, 0.25) is 0 Å². The Morgan fingerprint density at radius 3 is 2.55 bits per heavy atom. The number of carbonyl (C=O) groups is 1. The smallest absolute Gasteiger partial charge is 0.174 e. The molecule has 3 rings (SSSR count). The molecule has 1 heterocycles. The Hall–Kier alpha value is -3.41. The number of phenols is 3. The van der Waals surface area contributed by atoms with E-state index in [1.165, 1.54) is 30.4 Å². The fourth-order valence-corrected chi connectivity index (χ4v) is 3.98. The Kier molecular flexibility index (Phi) is 7.69. The van der Waals surface area contributed by atoms with Crippen molar-refractivity contribution in [3.63, 3.8) is 0 Å². The second-order valence-electron chi connectivity index (χ2n) is 8.67. The molecule has 3 N–H and O–H groups in total. The van der Waals surface area contributed by atoms with Crippen LogP contribution in [0, 0.1) is 0 Å². The largest absolute Gasteiger partial charge is 0.507 e. The van der Waals surface area contributed by atoms with Gasteiger partial charge in [0.25, 0.3) is 0 Å². The van der Waals surface area contributed by atoms with Gasteiger partial charge in [-0.1, -0.05) is 29.4 Å². The van der Waals surface area contributed by atoms with Crippen LogP contribution >= 0.6 is 0 Å². The molecule has 0 aliphatic carbocycles. The summed E-state index contributed by atoms with van der Waals surface area (Å²) >= 11 is 0. The molecule has 6 nitrogen and oxygen atoms in total. The molecule has 0 radical (unpaired) electrons. The maximum absolute atomic E-state index is 12.9. The SMILES string of the molecule is COc1cc(C2CC(=O)c3c(cc(O)c(CCC=C(C)CCC=C(C)C)c3O)O2)ccc1O. The number of fused-ring (bicyclic) bond motifs is 1. The van der Waals surface area contributed by atoms with E-state index in [9.17, 15) is 20.1 Å². The van der Waals surface area contributed by atoms with Crippen molar-refractivity contribution >= 4 is 5.78 Å². The summed E-state index contributed by atoms with van der Waals surface area (Å²) in [4.78, 5) is 12.9. The molecule has 2 aromatic rings. The number of rotatable bonds is 8. The molecule has 1 unspecified atom stereocenters.